The molecule has 0 aromatic carbocycles. The summed E-state index contributed by atoms with van der Waals surface area (Å²) in [5.74, 6) is 2.87. The standard InChI is InChI=1S/C16H34/c1-6-9-15(5)13-16(10-7-2)12-11-14(4)8-3/h14-16H,6-13H2,1-5H3. The minimum atomic E-state index is 0.931. The maximum Gasteiger partial charge on any atom is -0.0412 e. The molecule has 0 rings (SSSR count). The molecule has 0 aliphatic carbocycles. The molecule has 0 aliphatic rings. The fourth-order valence-electron chi connectivity index (χ4n) is 2.69. The molecule has 98 valence electrons. The molecule has 0 fully saturated rings. The molecule has 3 unspecified atom stereocenters. The molecule has 0 amide bonds. The molecule has 0 saturated carbocycles. The lowest BCUT2D eigenvalue weighted by molar-refractivity contribution is 0.309. The second kappa shape index (κ2) is 10.2. The molecule has 0 heteroatoms. The van der Waals surface area contributed by atoms with E-state index >= 15 is 0 Å². The molecule has 0 heterocycles. The van der Waals surface area contributed by atoms with Gasteiger partial charge in [-0.2, -0.15) is 0 Å². The molecule has 0 aliphatic heterocycles. The van der Waals surface area contributed by atoms with Gasteiger partial charge in [0.25, 0.3) is 0 Å². The summed E-state index contributed by atoms with van der Waals surface area (Å²) in [6.45, 7) is 11.8. The van der Waals surface area contributed by atoms with E-state index in [1.165, 1.54) is 51.4 Å². The van der Waals surface area contributed by atoms with Gasteiger partial charge in [0.15, 0.2) is 0 Å². The van der Waals surface area contributed by atoms with E-state index in [1.54, 1.807) is 0 Å². The van der Waals surface area contributed by atoms with Gasteiger partial charge in [-0.1, -0.05) is 79.6 Å². The summed E-state index contributed by atoms with van der Waals surface area (Å²) in [5.41, 5.74) is 0. The summed E-state index contributed by atoms with van der Waals surface area (Å²) in [6.07, 6.45) is 11.3. The van der Waals surface area contributed by atoms with Crippen molar-refractivity contribution in [1.82, 2.24) is 0 Å². The fraction of sp³-hybridized carbons (Fsp3) is 1.00. The van der Waals surface area contributed by atoms with Crippen molar-refractivity contribution in [2.24, 2.45) is 17.8 Å². The fourth-order valence-corrected chi connectivity index (χ4v) is 2.69. The van der Waals surface area contributed by atoms with Gasteiger partial charge in [0, 0.05) is 0 Å². The summed E-state index contributed by atoms with van der Waals surface area (Å²) < 4.78 is 0. The Bertz CT molecular complexity index is 139. The molecular weight excluding hydrogens is 192 g/mol. The van der Waals surface area contributed by atoms with Crippen molar-refractivity contribution in [3.63, 3.8) is 0 Å². The third-order valence-electron chi connectivity index (χ3n) is 3.98. The molecule has 0 aromatic rings. The van der Waals surface area contributed by atoms with E-state index in [0.717, 1.165) is 17.8 Å². The Balaban J connectivity index is 3.86. The summed E-state index contributed by atoms with van der Waals surface area (Å²) in [4.78, 5) is 0. The zero-order chi connectivity index (χ0) is 12.4. The highest BCUT2D eigenvalue weighted by Gasteiger charge is 2.13. The van der Waals surface area contributed by atoms with Gasteiger partial charge in [-0.3, -0.25) is 0 Å². The van der Waals surface area contributed by atoms with Crippen LogP contribution in [0.2, 0.25) is 0 Å². The van der Waals surface area contributed by atoms with Crippen molar-refractivity contribution in [3.05, 3.63) is 0 Å². The molecule has 3 atom stereocenters. The highest BCUT2D eigenvalue weighted by molar-refractivity contribution is 4.65. The highest BCUT2D eigenvalue weighted by atomic mass is 14.2. The Hall–Kier alpha value is 0. The van der Waals surface area contributed by atoms with E-state index < -0.39 is 0 Å². The molecule has 0 radical (unpaired) electrons. The first-order valence-electron chi connectivity index (χ1n) is 7.63. The predicted molar refractivity (Wildman–Crippen MR) is 75.8 cm³/mol. The molecule has 0 nitrogen and oxygen atoms in total. The van der Waals surface area contributed by atoms with Crippen LogP contribution in [0.4, 0.5) is 0 Å². The van der Waals surface area contributed by atoms with Crippen LogP contribution in [0.3, 0.4) is 0 Å². The molecule has 16 heavy (non-hydrogen) atoms. The largest absolute Gasteiger partial charge is 0.0654 e. The minimum absolute atomic E-state index is 0.931. The van der Waals surface area contributed by atoms with E-state index in [4.69, 9.17) is 0 Å². The van der Waals surface area contributed by atoms with Crippen LogP contribution >= 0.6 is 0 Å². The maximum atomic E-state index is 2.44. The highest BCUT2D eigenvalue weighted by Crippen LogP contribution is 2.26. The van der Waals surface area contributed by atoms with Gasteiger partial charge in [0.05, 0.1) is 0 Å². The van der Waals surface area contributed by atoms with Crippen molar-refractivity contribution in [1.29, 1.82) is 0 Å². The van der Waals surface area contributed by atoms with Crippen LogP contribution in [0.1, 0.15) is 86.0 Å². The Morgan fingerprint density at radius 3 is 1.81 bits per heavy atom. The van der Waals surface area contributed by atoms with Crippen LogP contribution in [0.5, 0.6) is 0 Å². The smallest absolute Gasteiger partial charge is 0.0412 e. The maximum absolute atomic E-state index is 2.44. The van der Waals surface area contributed by atoms with Crippen molar-refractivity contribution in [3.8, 4) is 0 Å². The van der Waals surface area contributed by atoms with E-state index in [-0.39, 0.29) is 0 Å². The van der Waals surface area contributed by atoms with Gasteiger partial charge in [0.1, 0.15) is 0 Å². The summed E-state index contributed by atoms with van der Waals surface area (Å²) in [7, 11) is 0. The Morgan fingerprint density at radius 2 is 1.31 bits per heavy atom. The second-order valence-electron chi connectivity index (χ2n) is 5.88. The van der Waals surface area contributed by atoms with Crippen LogP contribution in [-0.2, 0) is 0 Å². The lowest BCUT2D eigenvalue weighted by Crippen LogP contribution is -2.08. The Morgan fingerprint density at radius 1 is 0.688 bits per heavy atom. The third kappa shape index (κ3) is 8.19. The zero-order valence-electron chi connectivity index (χ0n) is 12.4. The van der Waals surface area contributed by atoms with Crippen LogP contribution in [-0.4, -0.2) is 0 Å². The van der Waals surface area contributed by atoms with Crippen molar-refractivity contribution < 1.29 is 0 Å². The third-order valence-corrected chi connectivity index (χ3v) is 3.98. The van der Waals surface area contributed by atoms with Crippen LogP contribution in [0.15, 0.2) is 0 Å². The average molecular weight is 226 g/mol. The van der Waals surface area contributed by atoms with Gasteiger partial charge in [-0.15, -0.1) is 0 Å². The van der Waals surface area contributed by atoms with Crippen molar-refractivity contribution >= 4 is 0 Å². The molecular formula is C16H34. The lowest BCUT2D eigenvalue weighted by Gasteiger charge is -2.21. The normalized spacial score (nSPS) is 17.1. The minimum Gasteiger partial charge on any atom is -0.0654 e. The Kier molecular flexibility index (Phi) is 10.2. The quantitative estimate of drug-likeness (QED) is 0.425. The first kappa shape index (κ1) is 16.0. The first-order chi connectivity index (χ1) is 7.63. The summed E-state index contributed by atoms with van der Waals surface area (Å²) >= 11 is 0. The SMILES string of the molecule is CCCC(C)CC(CCC)CCC(C)CC. The van der Waals surface area contributed by atoms with Gasteiger partial charge in [0.2, 0.25) is 0 Å². The van der Waals surface area contributed by atoms with Gasteiger partial charge in [-0.25, -0.2) is 0 Å². The molecule has 0 bridgehead atoms. The zero-order valence-corrected chi connectivity index (χ0v) is 12.4. The predicted octanol–water partition coefficient (Wildman–Crippen LogP) is 6.06. The molecule has 0 aromatic heterocycles. The molecule has 0 spiro atoms. The van der Waals surface area contributed by atoms with E-state index in [1.807, 2.05) is 0 Å². The van der Waals surface area contributed by atoms with Crippen LogP contribution < -0.4 is 0 Å². The lowest BCUT2D eigenvalue weighted by atomic mass is 9.85. The van der Waals surface area contributed by atoms with Crippen molar-refractivity contribution in [2.45, 2.75) is 86.0 Å². The van der Waals surface area contributed by atoms with Gasteiger partial charge < -0.3 is 0 Å². The Labute approximate surface area is 104 Å². The average Bonchev–Trinajstić information content (AvgIpc) is 2.26. The van der Waals surface area contributed by atoms with Gasteiger partial charge >= 0.3 is 0 Å². The van der Waals surface area contributed by atoms with Crippen molar-refractivity contribution in [2.75, 3.05) is 0 Å². The van der Waals surface area contributed by atoms with E-state index in [9.17, 15) is 0 Å². The van der Waals surface area contributed by atoms with Gasteiger partial charge in [-0.05, 0) is 24.2 Å². The van der Waals surface area contributed by atoms with E-state index in [2.05, 4.69) is 34.6 Å². The number of rotatable bonds is 10. The second-order valence-corrected chi connectivity index (χ2v) is 5.88. The molecule has 0 saturated heterocycles. The van der Waals surface area contributed by atoms with Crippen LogP contribution in [0, 0.1) is 17.8 Å². The number of hydrogen-bond donors (Lipinski definition) is 0. The summed E-state index contributed by atoms with van der Waals surface area (Å²) in [5, 5.41) is 0. The summed E-state index contributed by atoms with van der Waals surface area (Å²) in [6, 6.07) is 0. The monoisotopic (exact) mass is 226 g/mol. The van der Waals surface area contributed by atoms with Crippen LogP contribution in [0.25, 0.3) is 0 Å². The first-order valence-corrected chi connectivity index (χ1v) is 7.63. The van der Waals surface area contributed by atoms with E-state index in [0.29, 0.717) is 0 Å². The topological polar surface area (TPSA) is 0 Å². The number of hydrogen-bond acceptors (Lipinski definition) is 0. The molecule has 0 N–H and O–H groups in total.